The van der Waals surface area contributed by atoms with Gasteiger partial charge in [0.25, 0.3) is 0 Å². The number of aliphatic hydroxyl groups is 1. The fourth-order valence-corrected chi connectivity index (χ4v) is 3.41. The summed E-state index contributed by atoms with van der Waals surface area (Å²) in [6.07, 6.45) is 6.41. The fraction of sp³-hybridized carbons (Fsp3) is 0.632. The molecular weight excluding hydrogens is 432 g/mol. The highest BCUT2D eigenvalue weighted by Gasteiger charge is 2.31. The van der Waals surface area contributed by atoms with Crippen LogP contribution in [0.25, 0.3) is 0 Å². The van der Waals surface area contributed by atoms with E-state index in [0.717, 1.165) is 24.6 Å². The molecule has 0 aromatic heterocycles. The Morgan fingerprint density at radius 2 is 1.96 bits per heavy atom. The van der Waals surface area contributed by atoms with Crippen molar-refractivity contribution in [1.82, 2.24) is 10.6 Å². The van der Waals surface area contributed by atoms with Crippen LogP contribution in [-0.2, 0) is 13.2 Å². The van der Waals surface area contributed by atoms with Crippen molar-refractivity contribution >= 4 is 29.9 Å². The van der Waals surface area contributed by atoms with Gasteiger partial charge in [0, 0.05) is 18.7 Å². The van der Waals surface area contributed by atoms with Gasteiger partial charge < -0.3 is 15.7 Å². The third kappa shape index (κ3) is 6.40. The van der Waals surface area contributed by atoms with Gasteiger partial charge in [0.05, 0.1) is 13.2 Å². The van der Waals surface area contributed by atoms with E-state index in [1.807, 2.05) is 6.92 Å². The van der Waals surface area contributed by atoms with Gasteiger partial charge in [0.1, 0.15) is 5.82 Å². The van der Waals surface area contributed by atoms with E-state index in [9.17, 15) is 4.39 Å². The first kappa shape index (κ1) is 22.2. The maximum atomic E-state index is 13.4. The first-order valence-electron chi connectivity index (χ1n) is 9.03. The molecule has 25 heavy (non-hydrogen) atoms. The van der Waals surface area contributed by atoms with Crippen LogP contribution < -0.4 is 10.6 Å². The number of hydrogen-bond donors (Lipinski definition) is 3. The Hall–Kier alpha value is -0.890. The number of aliphatic hydroxyl groups excluding tert-OH is 1. The number of aliphatic imine (C=N–C) groups is 1. The van der Waals surface area contributed by atoms with Crippen molar-refractivity contribution < 1.29 is 9.50 Å². The minimum atomic E-state index is -0.374. The number of nitrogens with zero attached hydrogens (tertiary/aromatic N) is 1. The summed E-state index contributed by atoms with van der Waals surface area (Å²) in [5.74, 6) is 0.425. The summed E-state index contributed by atoms with van der Waals surface area (Å²) >= 11 is 0. The van der Waals surface area contributed by atoms with E-state index < -0.39 is 0 Å². The van der Waals surface area contributed by atoms with Crippen LogP contribution in [-0.4, -0.2) is 24.2 Å². The number of hydrogen-bond acceptors (Lipinski definition) is 2. The molecule has 0 heterocycles. The molecule has 0 atom stereocenters. The van der Waals surface area contributed by atoms with Crippen LogP contribution in [0.4, 0.5) is 4.39 Å². The van der Waals surface area contributed by atoms with Gasteiger partial charge in [0.2, 0.25) is 0 Å². The van der Waals surface area contributed by atoms with Crippen molar-refractivity contribution in [3.05, 3.63) is 35.1 Å². The second kappa shape index (κ2) is 11.0. The molecule has 0 radical (unpaired) electrons. The molecule has 0 saturated heterocycles. The molecule has 4 nitrogen and oxygen atoms in total. The molecule has 1 saturated carbocycles. The second-order valence-corrected chi connectivity index (χ2v) is 6.69. The monoisotopic (exact) mass is 463 g/mol. The Bertz CT molecular complexity index is 560. The van der Waals surface area contributed by atoms with E-state index in [0.29, 0.717) is 17.5 Å². The average molecular weight is 463 g/mol. The van der Waals surface area contributed by atoms with Crippen molar-refractivity contribution in [2.45, 2.75) is 59.1 Å². The number of nitrogens with one attached hydrogen (secondary N) is 2. The van der Waals surface area contributed by atoms with Crippen LogP contribution in [0, 0.1) is 11.2 Å². The lowest BCUT2D eigenvalue weighted by Gasteiger charge is -2.28. The number of halogens is 2. The Balaban J connectivity index is 0.00000312. The number of rotatable bonds is 7. The molecule has 0 spiro atoms. The van der Waals surface area contributed by atoms with Crippen molar-refractivity contribution in [2.24, 2.45) is 10.4 Å². The Morgan fingerprint density at radius 3 is 2.56 bits per heavy atom. The SMILES string of the molecule is CCNC(=NCc1ccc(F)c(CO)c1)NCC1(CC)CCCC1.I. The molecule has 2 rings (SSSR count). The van der Waals surface area contributed by atoms with Crippen molar-refractivity contribution in [2.75, 3.05) is 13.1 Å². The summed E-state index contributed by atoms with van der Waals surface area (Å²) in [7, 11) is 0. The highest BCUT2D eigenvalue weighted by Crippen LogP contribution is 2.40. The summed E-state index contributed by atoms with van der Waals surface area (Å²) in [4.78, 5) is 4.61. The zero-order valence-electron chi connectivity index (χ0n) is 15.3. The normalized spacial score (nSPS) is 16.4. The summed E-state index contributed by atoms with van der Waals surface area (Å²) in [5, 5.41) is 15.9. The molecule has 1 fully saturated rings. The van der Waals surface area contributed by atoms with Crippen molar-refractivity contribution in [3.63, 3.8) is 0 Å². The molecule has 1 aromatic carbocycles. The molecular formula is C19H31FIN3O. The van der Waals surface area contributed by atoms with Gasteiger partial charge in [0.15, 0.2) is 5.96 Å². The molecule has 0 amide bonds. The molecule has 1 aromatic rings. The fourth-order valence-electron chi connectivity index (χ4n) is 3.41. The Kier molecular flexibility index (Phi) is 9.71. The van der Waals surface area contributed by atoms with Crippen LogP contribution >= 0.6 is 24.0 Å². The van der Waals surface area contributed by atoms with Crippen molar-refractivity contribution in [3.8, 4) is 0 Å². The largest absolute Gasteiger partial charge is 0.392 e. The summed E-state index contributed by atoms with van der Waals surface area (Å²) in [6.45, 7) is 6.23. The average Bonchev–Trinajstić information content (AvgIpc) is 3.08. The quantitative estimate of drug-likeness (QED) is 0.326. The summed E-state index contributed by atoms with van der Waals surface area (Å²) in [5.41, 5.74) is 1.61. The third-order valence-electron chi connectivity index (χ3n) is 5.09. The minimum absolute atomic E-state index is 0. The van der Waals surface area contributed by atoms with Crippen LogP contribution in [0.3, 0.4) is 0 Å². The van der Waals surface area contributed by atoms with E-state index >= 15 is 0 Å². The van der Waals surface area contributed by atoms with Crippen molar-refractivity contribution in [1.29, 1.82) is 0 Å². The Labute approximate surface area is 167 Å². The second-order valence-electron chi connectivity index (χ2n) is 6.69. The van der Waals surface area contributed by atoms with Gasteiger partial charge in [-0.25, -0.2) is 9.38 Å². The van der Waals surface area contributed by atoms with Gasteiger partial charge in [-0.3, -0.25) is 0 Å². The maximum absolute atomic E-state index is 13.4. The van der Waals surface area contributed by atoms with E-state index in [4.69, 9.17) is 5.11 Å². The molecule has 1 aliphatic carbocycles. The summed E-state index contributed by atoms with van der Waals surface area (Å²) in [6, 6.07) is 4.78. The van der Waals surface area contributed by atoms with Gasteiger partial charge >= 0.3 is 0 Å². The first-order chi connectivity index (χ1) is 11.6. The van der Waals surface area contributed by atoms with Gasteiger partial charge in [-0.2, -0.15) is 0 Å². The van der Waals surface area contributed by atoms with Gasteiger partial charge in [-0.1, -0.05) is 25.8 Å². The van der Waals surface area contributed by atoms with E-state index in [-0.39, 0.29) is 36.4 Å². The predicted molar refractivity (Wildman–Crippen MR) is 112 cm³/mol. The lowest BCUT2D eigenvalue weighted by atomic mass is 9.83. The number of benzene rings is 1. The minimum Gasteiger partial charge on any atom is -0.392 e. The summed E-state index contributed by atoms with van der Waals surface area (Å²) < 4.78 is 13.4. The molecule has 1 aliphatic rings. The van der Waals surface area contributed by atoms with E-state index in [1.165, 1.54) is 38.2 Å². The smallest absolute Gasteiger partial charge is 0.191 e. The molecule has 0 bridgehead atoms. The molecule has 0 unspecified atom stereocenters. The molecule has 0 aliphatic heterocycles. The van der Waals surface area contributed by atoms with E-state index in [2.05, 4.69) is 22.5 Å². The maximum Gasteiger partial charge on any atom is 0.191 e. The third-order valence-corrected chi connectivity index (χ3v) is 5.09. The van der Waals surface area contributed by atoms with Gasteiger partial charge in [-0.15, -0.1) is 24.0 Å². The molecule has 142 valence electrons. The van der Waals surface area contributed by atoms with Crippen LogP contribution in [0.1, 0.15) is 57.1 Å². The van der Waals surface area contributed by atoms with Crippen LogP contribution in [0.5, 0.6) is 0 Å². The predicted octanol–water partition coefficient (Wildman–Crippen LogP) is 3.96. The van der Waals surface area contributed by atoms with Gasteiger partial charge in [-0.05, 0) is 49.3 Å². The Morgan fingerprint density at radius 1 is 1.24 bits per heavy atom. The highest BCUT2D eigenvalue weighted by molar-refractivity contribution is 14.0. The first-order valence-corrected chi connectivity index (χ1v) is 9.03. The molecule has 6 heteroatoms. The molecule has 3 N–H and O–H groups in total. The van der Waals surface area contributed by atoms with Crippen LogP contribution in [0.2, 0.25) is 0 Å². The van der Waals surface area contributed by atoms with Crippen LogP contribution in [0.15, 0.2) is 23.2 Å². The zero-order valence-corrected chi connectivity index (χ0v) is 17.6. The number of guanidine groups is 1. The lowest BCUT2D eigenvalue weighted by molar-refractivity contribution is 0.275. The highest BCUT2D eigenvalue weighted by atomic mass is 127. The standard InChI is InChI=1S/C19H30FN3O.HI/c1-3-19(9-5-6-10-19)14-23-18(21-4-2)22-12-15-7-8-17(20)16(11-15)13-24;/h7-8,11,24H,3-6,9-10,12-14H2,1-2H3,(H2,21,22,23);1H. The van der Waals surface area contributed by atoms with E-state index in [1.54, 1.807) is 12.1 Å². The zero-order chi connectivity index (χ0) is 17.4. The topological polar surface area (TPSA) is 56.7 Å². The lowest BCUT2D eigenvalue weighted by Crippen LogP contribution is -2.42.